The molecule has 1 amide bonds. The standard InChI is InChI=1S/C35H47N5O4S2/c1-5-24(10-14-36-19-29(42)26-8-9-28(41)30-31(26)46-34(44)38-30)18-25(6-2)20-39-16-12-35(13-17-39)11-7-15-40(22-35)33(43)27-21-45-32(37-27)23(3)4/h1,6,8-9,18,23,27,29,36,41-42H,7,10-17,19-22H2,2-4H3,(H,38,44)/b24-18+,25-6+/t27?,29-/m0/s1. The van der Waals surface area contributed by atoms with E-state index in [9.17, 15) is 19.8 Å². The Hall–Kier alpha value is -2.88. The smallest absolute Gasteiger partial charge is 0.305 e. The lowest BCUT2D eigenvalue weighted by Crippen LogP contribution is -2.53. The molecule has 0 radical (unpaired) electrons. The molecule has 0 saturated carbocycles. The average molecular weight is 666 g/mol. The van der Waals surface area contributed by atoms with E-state index in [1.807, 2.05) is 6.92 Å². The average Bonchev–Trinajstić information content (AvgIpc) is 3.71. The number of thiazole rings is 1. The lowest BCUT2D eigenvalue weighted by atomic mass is 9.72. The number of hydrogen-bond donors (Lipinski definition) is 4. The van der Waals surface area contributed by atoms with Gasteiger partial charge in [0.25, 0.3) is 0 Å². The normalized spacial score (nSPS) is 21.6. The minimum Gasteiger partial charge on any atom is -0.506 e. The molecule has 1 unspecified atom stereocenters. The summed E-state index contributed by atoms with van der Waals surface area (Å²) in [5.41, 5.74) is 3.25. The number of nitrogens with one attached hydrogen (secondary N) is 2. The predicted molar refractivity (Wildman–Crippen MR) is 190 cm³/mol. The molecule has 4 N–H and O–H groups in total. The number of aliphatic imine (C=N–C) groups is 1. The zero-order valence-corrected chi connectivity index (χ0v) is 28.8. The Balaban J connectivity index is 1.08. The van der Waals surface area contributed by atoms with Crippen molar-refractivity contribution in [2.75, 3.05) is 51.6 Å². The van der Waals surface area contributed by atoms with Crippen LogP contribution in [0.25, 0.3) is 10.2 Å². The molecule has 11 heteroatoms. The number of phenols is 1. The summed E-state index contributed by atoms with van der Waals surface area (Å²) in [4.78, 5) is 36.9. The first-order chi connectivity index (χ1) is 22.1. The highest BCUT2D eigenvalue weighted by atomic mass is 32.2. The van der Waals surface area contributed by atoms with Gasteiger partial charge in [-0.2, -0.15) is 0 Å². The van der Waals surface area contributed by atoms with Crippen LogP contribution in [0.3, 0.4) is 0 Å². The fraction of sp³-hybridized carbons (Fsp3) is 0.571. The highest BCUT2D eigenvalue weighted by Gasteiger charge is 2.41. The number of piperidine rings is 2. The number of aromatic amines is 1. The lowest BCUT2D eigenvalue weighted by molar-refractivity contribution is -0.136. The third kappa shape index (κ3) is 8.15. The van der Waals surface area contributed by atoms with Crippen LogP contribution in [0.5, 0.6) is 5.75 Å². The summed E-state index contributed by atoms with van der Waals surface area (Å²) in [7, 11) is 0. The Morgan fingerprint density at radius 1 is 1.28 bits per heavy atom. The lowest BCUT2D eigenvalue weighted by Gasteiger charge is -2.48. The van der Waals surface area contributed by atoms with Crippen molar-refractivity contribution in [3.05, 3.63) is 50.7 Å². The number of hydrogen-bond acceptors (Lipinski definition) is 9. The molecule has 3 aliphatic rings. The van der Waals surface area contributed by atoms with Crippen molar-refractivity contribution < 1.29 is 15.0 Å². The van der Waals surface area contributed by atoms with Crippen LogP contribution in [-0.2, 0) is 4.79 Å². The van der Waals surface area contributed by atoms with Gasteiger partial charge in [-0.25, -0.2) is 0 Å². The third-order valence-electron chi connectivity index (χ3n) is 9.52. The summed E-state index contributed by atoms with van der Waals surface area (Å²) in [6.45, 7) is 11.8. The molecule has 0 bridgehead atoms. The highest BCUT2D eigenvalue weighted by molar-refractivity contribution is 8.14. The number of nitrogens with zero attached hydrogens (tertiary/aromatic N) is 3. The number of aliphatic hydroxyl groups is 1. The molecule has 1 aromatic heterocycles. The maximum Gasteiger partial charge on any atom is 0.305 e. The van der Waals surface area contributed by atoms with Gasteiger partial charge >= 0.3 is 4.87 Å². The summed E-state index contributed by atoms with van der Waals surface area (Å²) in [5.74, 6) is 4.21. The first kappa shape index (κ1) is 34.5. The summed E-state index contributed by atoms with van der Waals surface area (Å²) >= 11 is 2.72. The predicted octanol–water partition coefficient (Wildman–Crippen LogP) is 4.69. The molecule has 4 heterocycles. The van der Waals surface area contributed by atoms with E-state index < -0.39 is 6.10 Å². The number of H-pyrrole nitrogens is 1. The van der Waals surface area contributed by atoms with Gasteiger partial charge in [-0.1, -0.05) is 43.2 Å². The van der Waals surface area contributed by atoms with Crippen molar-refractivity contribution in [3.8, 4) is 18.1 Å². The van der Waals surface area contributed by atoms with Gasteiger partial charge in [-0.3, -0.25) is 19.5 Å². The number of carbonyl (C=O) groups excluding carboxylic acids is 1. The molecular formula is C35H47N5O4S2. The van der Waals surface area contributed by atoms with Crippen LogP contribution in [0.15, 0.2) is 45.2 Å². The zero-order valence-electron chi connectivity index (χ0n) is 27.2. The second kappa shape index (κ2) is 15.3. The van der Waals surface area contributed by atoms with E-state index in [0.29, 0.717) is 41.2 Å². The van der Waals surface area contributed by atoms with Gasteiger partial charge in [-0.05, 0) is 81.8 Å². The number of amides is 1. The van der Waals surface area contributed by atoms with Gasteiger partial charge in [0.15, 0.2) is 0 Å². The van der Waals surface area contributed by atoms with Crippen molar-refractivity contribution in [2.45, 2.75) is 65.0 Å². The van der Waals surface area contributed by atoms with Crippen molar-refractivity contribution in [3.63, 3.8) is 0 Å². The quantitative estimate of drug-likeness (QED) is 0.156. The number of terminal acetylenes is 1. The van der Waals surface area contributed by atoms with Crippen molar-refractivity contribution in [1.82, 2.24) is 20.1 Å². The summed E-state index contributed by atoms with van der Waals surface area (Å²) in [5, 5.41) is 25.2. The maximum atomic E-state index is 13.4. The number of rotatable bonds is 11. The molecule has 1 aromatic carbocycles. The largest absolute Gasteiger partial charge is 0.506 e. The minimum atomic E-state index is -0.830. The number of carbonyl (C=O) groups is 1. The first-order valence-corrected chi connectivity index (χ1v) is 18.2. The molecule has 2 fully saturated rings. The molecular weight excluding hydrogens is 619 g/mol. The Labute approximate surface area is 280 Å². The third-order valence-corrected chi connectivity index (χ3v) is 11.8. The summed E-state index contributed by atoms with van der Waals surface area (Å²) in [6, 6.07) is 2.93. The molecule has 46 heavy (non-hydrogen) atoms. The van der Waals surface area contributed by atoms with E-state index in [1.165, 1.54) is 18.1 Å². The number of phenolic OH excluding ortho intramolecular Hbond substituents is 1. The van der Waals surface area contributed by atoms with Crippen molar-refractivity contribution in [2.24, 2.45) is 16.3 Å². The molecule has 9 nitrogen and oxygen atoms in total. The van der Waals surface area contributed by atoms with Gasteiger partial charge in [0.1, 0.15) is 17.3 Å². The number of aromatic nitrogens is 1. The van der Waals surface area contributed by atoms with Crippen LogP contribution in [0.1, 0.15) is 64.5 Å². The fourth-order valence-corrected chi connectivity index (χ4v) is 8.80. The van der Waals surface area contributed by atoms with E-state index in [0.717, 1.165) is 79.7 Å². The van der Waals surface area contributed by atoms with Crippen LogP contribution < -0.4 is 10.2 Å². The monoisotopic (exact) mass is 665 g/mol. The van der Waals surface area contributed by atoms with Crippen LogP contribution in [0, 0.1) is 23.7 Å². The summed E-state index contributed by atoms with van der Waals surface area (Å²) in [6.07, 6.45) is 14.4. The van der Waals surface area contributed by atoms with Gasteiger partial charge in [0.05, 0.1) is 15.8 Å². The van der Waals surface area contributed by atoms with Crippen LogP contribution in [0.4, 0.5) is 0 Å². The number of likely N-dealkylation sites (tertiary alicyclic amines) is 2. The first-order valence-electron chi connectivity index (χ1n) is 16.4. The molecule has 5 rings (SSSR count). The number of thioether (sulfide) groups is 1. The number of allylic oxidation sites excluding steroid dienone is 1. The van der Waals surface area contributed by atoms with Crippen LogP contribution in [0.2, 0.25) is 0 Å². The van der Waals surface area contributed by atoms with Crippen LogP contribution in [-0.4, -0.2) is 93.6 Å². The van der Waals surface area contributed by atoms with Gasteiger partial charge in [-0.15, -0.1) is 18.2 Å². The molecule has 2 aromatic rings. The number of aliphatic hydroxyl groups excluding tert-OH is 1. The Morgan fingerprint density at radius 2 is 2.07 bits per heavy atom. The van der Waals surface area contributed by atoms with E-state index in [1.54, 1.807) is 17.8 Å². The van der Waals surface area contributed by atoms with Gasteiger partial charge < -0.3 is 25.4 Å². The van der Waals surface area contributed by atoms with Crippen molar-refractivity contribution in [1.29, 1.82) is 0 Å². The zero-order chi connectivity index (χ0) is 32.8. The minimum absolute atomic E-state index is 0.00771. The van der Waals surface area contributed by atoms with Crippen LogP contribution >= 0.6 is 23.1 Å². The molecule has 2 saturated heterocycles. The highest BCUT2D eigenvalue weighted by Crippen LogP contribution is 2.40. The maximum absolute atomic E-state index is 13.4. The topological polar surface area (TPSA) is 121 Å². The Morgan fingerprint density at radius 3 is 2.76 bits per heavy atom. The van der Waals surface area contributed by atoms with E-state index >= 15 is 0 Å². The van der Waals surface area contributed by atoms with Gasteiger partial charge in [0, 0.05) is 49.0 Å². The van der Waals surface area contributed by atoms with E-state index in [2.05, 4.69) is 52.0 Å². The second-order valence-corrected chi connectivity index (χ2v) is 15.2. The summed E-state index contributed by atoms with van der Waals surface area (Å²) < 4.78 is 0.567. The molecule has 3 aliphatic heterocycles. The molecule has 0 aliphatic carbocycles. The molecule has 248 valence electrons. The second-order valence-electron chi connectivity index (χ2n) is 13.1. The van der Waals surface area contributed by atoms with Crippen molar-refractivity contribution >= 4 is 44.3 Å². The fourth-order valence-electron chi connectivity index (χ4n) is 6.80. The molecule has 2 atom stereocenters. The SMILES string of the molecule is C#C/C(=C\C(=C/C)CN1CCC2(CCCN(C(=O)C3CSC(C(C)C)=N3)C2)CC1)CCNC[C@H](O)c1ccc(O)c2[nH]c(=O)sc12. The van der Waals surface area contributed by atoms with Gasteiger partial charge in [0.2, 0.25) is 5.91 Å². The number of aromatic hydroxyl groups is 1. The van der Waals surface area contributed by atoms with E-state index in [4.69, 9.17) is 11.4 Å². The Kier molecular flexibility index (Phi) is 11.5. The molecule has 1 spiro atoms. The Bertz CT molecular complexity index is 1590. The number of benzene rings is 1. The number of fused-ring (bicyclic) bond motifs is 1. The van der Waals surface area contributed by atoms with E-state index in [-0.39, 0.29) is 28.0 Å².